The van der Waals surface area contributed by atoms with Gasteiger partial charge in [0.1, 0.15) is 5.75 Å². The lowest BCUT2D eigenvalue weighted by Gasteiger charge is -2.11. The molecule has 0 amide bonds. The minimum absolute atomic E-state index is 0.0164. The molecule has 1 atom stereocenters. The molecule has 0 aliphatic rings. The lowest BCUT2D eigenvalue weighted by molar-refractivity contribution is 0.0987. The summed E-state index contributed by atoms with van der Waals surface area (Å²) >= 11 is 7.26. The van der Waals surface area contributed by atoms with Gasteiger partial charge >= 0.3 is 0 Å². The van der Waals surface area contributed by atoms with Crippen molar-refractivity contribution in [3.05, 3.63) is 59.1 Å². The maximum absolute atomic E-state index is 12.7. The van der Waals surface area contributed by atoms with Gasteiger partial charge in [0.25, 0.3) is 5.22 Å². The van der Waals surface area contributed by atoms with Crippen molar-refractivity contribution in [2.75, 3.05) is 7.11 Å². The van der Waals surface area contributed by atoms with Gasteiger partial charge in [-0.1, -0.05) is 36.4 Å². The van der Waals surface area contributed by atoms with E-state index in [1.807, 2.05) is 19.1 Å². The molecule has 5 nitrogen and oxygen atoms in total. The molecule has 2 aromatic carbocycles. The number of Topliss-reactive ketones (excluding diaryl/α,β-unsaturated/α-hetero) is 1. The Kier molecular flexibility index (Phi) is 5.96. The van der Waals surface area contributed by atoms with Gasteiger partial charge in [-0.25, -0.2) is 0 Å². The third-order valence-electron chi connectivity index (χ3n) is 3.76. The fraction of sp³-hybridized carbons (Fsp3) is 0.211. The average Bonchev–Trinajstić information content (AvgIpc) is 3.14. The molecule has 26 heavy (non-hydrogen) atoms. The van der Waals surface area contributed by atoms with E-state index in [4.69, 9.17) is 20.8 Å². The fourth-order valence-electron chi connectivity index (χ4n) is 2.38. The van der Waals surface area contributed by atoms with Gasteiger partial charge in [0, 0.05) is 16.1 Å². The largest absolute Gasteiger partial charge is 0.497 e. The van der Waals surface area contributed by atoms with E-state index < -0.39 is 0 Å². The van der Waals surface area contributed by atoms with Crippen LogP contribution in [0.2, 0.25) is 5.02 Å². The molecular weight excluding hydrogens is 372 g/mol. The number of halogens is 1. The maximum atomic E-state index is 12.7. The molecule has 1 heterocycles. The van der Waals surface area contributed by atoms with Crippen LogP contribution in [0.25, 0.3) is 11.5 Å². The van der Waals surface area contributed by atoms with E-state index in [2.05, 4.69) is 10.2 Å². The molecule has 3 aromatic rings. The summed E-state index contributed by atoms with van der Waals surface area (Å²) in [5.74, 6) is 1.11. The average molecular weight is 389 g/mol. The summed E-state index contributed by atoms with van der Waals surface area (Å²) in [4.78, 5) is 12.7. The predicted molar refractivity (Wildman–Crippen MR) is 102 cm³/mol. The Morgan fingerprint density at radius 1 is 1.23 bits per heavy atom. The summed E-state index contributed by atoms with van der Waals surface area (Å²) < 4.78 is 10.8. The minimum Gasteiger partial charge on any atom is -0.497 e. The molecule has 0 aliphatic carbocycles. The van der Waals surface area contributed by atoms with E-state index in [-0.39, 0.29) is 11.0 Å². The van der Waals surface area contributed by atoms with Gasteiger partial charge in [-0.2, -0.15) is 0 Å². The van der Waals surface area contributed by atoms with Gasteiger partial charge in [0.2, 0.25) is 5.89 Å². The van der Waals surface area contributed by atoms with E-state index in [9.17, 15) is 4.79 Å². The molecule has 0 spiro atoms. The maximum Gasteiger partial charge on any atom is 0.277 e. The lowest BCUT2D eigenvalue weighted by atomic mass is 10.1. The summed E-state index contributed by atoms with van der Waals surface area (Å²) in [5.41, 5.74) is 1.37. The molecule has 0 saturated carbocycles. The Morgan fingerprint density at radius 2 is 2.00 bits per heavy atom. The van der Waals surface area contributed by atoms with Crippen LogP contribution in [0.15, 0.2) is 58.2 Å². The lowest BCUT2D eigenvalue weighted by Crippen LogP contribution is -2.16. The van der Waals surface area contributed by atoms with Crippen LogP contribution in [0.5, 0.6) is 5.75 Å². The molecule has 134 valence electrons. The van der Waals surface area contributed by atoms with Crippen LogP contribution in [-0.4, -0.2) is 28.3 Å². The Morgan fingerprint density at radius 3 is 2.65 bits per heavy atom. The molecule has 0 saturated heterocycles. The standard InChI is InChI=1S/C19H17ClN2O3S/c1-3-16(17(23)12-7-9-15(24-2)10-8-12)26-19-22-21-18(25-19)13-5-4-6-14(20)11-13/h4-11,16H,3H2,1-2H3. The van der Waals surface area contributed by atoms with Gasteiger partial charge in [0.05, 0.1) is 12.4 Å². The van der Waals surface area contributed by atoms with Crippen LogP contribution in [0.1, 0.15) is 23.7 Å². The zero-order chi connectivity index (χ0) is 18.5. The van der Waals surface area contributed by atoms with E-state index >= 15 is 0 Å². The van der Waals surface area contributed by atoms with Crippen LogP contribution in [0.4, 0.5) is 0 Å². The molecule has 1 unspecified atom stereocenters. The van der Waals surface area contributed by atoms with E-state index in [1.165, 1.54) is 11.8 Å². The van der Waals surface area contributed by atoms with Crippen LogP contribution in [0, 0.1) is 0 Å². The molecule has 0 bridgehead atoms. The van der Waals surface area contributed by atoms with Crippen molar-refractivity contribution in [3.63, 3.8) is 0 Å². The molecule has 0 N–H and O–H groups in total. The second-order valence-electron chi connectivity index (χ2n) is 5.49. The van der Waals surface area contributed by atoms with Crippen LogP contribution in [0.3, 0.4) is 0 Å². The highest BCUT2D eigenvalue weighted by Gasteiger charge is 2.23. The van der Waals surface area contributed by atoms with E-state index in [1.54, 1.807) is 43.5 Å². The summed E-state index contributed by atoms with van der Waals surface area (Å²) in [6.07, 6.45) is 0.643. The molecule has 0 radical (unpaired) electrons. The topological polar surface area (TPSA) is 65.2 Å². The molecule has 0 fully saturated rings. The van der Waals surface area contributed by atoms with Gasteiger partial charge < -0.3 is 9.15 Å². The number of carbonyl (C=O) groups excluding carboxylic acids is 1. The quantitative estimate of drug-likeness (QED) is 0.412. The third kappa shape index (κ3) is 4.26. The van der Waals surface area contributed by atoms with Crippen molar-refractivity contribution in [3.8, 4) is 17.2 Å². The molecule has 1 aromatic heterocycles. The number of nitrogens with zero attached hydrogens (tertiary/aromatic N) is 2. The highest BCUT2D eigenvalue weighted by molar-refractivity contribution is 8.00. The number of ether oxygens (including phenoxy) is 1. The highest BCUT2D eigenvalue weighted by Crippen LogP contribution is 2.30. The second-order valence-corrected chi connectivity index (χ2v) is 7.08. The van der Waals surface area contributed by atoms with Crippen molar-refractivity contribution in [1.29, 1.82) is 0 Å². The number of rotatable bonds is 7. The van der Waals surface area contributed by atoms with Crippen molar-refractivity contribution in [2.24, 2.45) is 0 Å². The number of aromatic nitrogens is 2. The van der Waals surface area contributed by atoms with Crippen molar-refractivity contribution < 1.29 is 13.9 Å². The zero-order valence-corrected chi connectivity index (χ0v) is 15.9. The van der Waals surface area contributed by atoms with Crippen molar-refractivity contribution in [2.45, 2.75) is 23.8 Å². The summed E-state index contributed by atoms with van der Waals surface area (Å²) in [5, 5.41) is 8.73. The van der Waals surface area contributed by atoms with E-state index in [0.29, 0.717) is 33.9 Å². The van der Waals surface area contributed by atoms with Crippen LogP contribution < -0.4 is 4.74 Å². The first-order valence-electron chi connectivity index (χ1n) is 8.05. The summed E-state index contributed by atoms with van der Waals surface area (Å²) in [6.45, 7) is 1.95. The number of methoxy groups -OCH3 is 1. The number of ketones is 1. The molecule has 0 aliphatic heterocycles. The first-order valence-corrected chi connectivity index (χ1v) is 9.31. The number of benzene rings is 2. The van der Waals surface area contributed by atoms with E-state index in [0.717, 1.165) is 5.56 Å². The Balaban J connectivity index is 1.74. The van der Waals surface area contributed by atoms with Crippen molar-refractivity contribution in [1.82, 2.24) is 10.2 Å². The Hall–Kier alpha value is -2.31. The van der Waals surface area contributed by atoms with Gasteiger partial charge in [0.15, 0.2) is 5.78 Å². The van der Waals surface area contributed by atoms with Crippen molar-refractivity contribution >= 4 is 29.1 Å². The second kappa shape index (κ2) is 8.38. The number of carbonyl (C=O) groups is 1. The molecule has 7 heteroatoms. The van der Waals surface area contributed by atoms with Gasteiger partial charge in [-0.05, 0) is 48.9 Å². The fourth-order valence-corrected chi connectivity index (χ4v) is 3.44. The first kappa shape index (κ1) is 18.5. The first-order chi connectivity index (χ1) is 12.6. The Labute approximate surface area is 160 Å². The summed E-state index contributed by atoms with van der Waals surface area (Å²) in [7, 11) is 1.59. The number of hydrogen-bond acceptors (Lipinski definition) is 6. The van der Waals surface area contributed by atoms with Crippen LogP contribution >= 0.6 is 23.4 Å². The van der Waals surface area contributed by atoms with Gasteiger partial charge in [-0.3, -0.25) is 4.79 Å². The van der Waals surface area contributed by atoms with Gasteiger partial charge in [-0.15, -0.1) is 10.2 Å². The number of hydrogen-bond donors (Lipinski definition) is 0. The molecule has 3 rings (SSSR count). The smallest absolute Gasteiger partial charge is 0.277 e. The summed E-state index contributed by atoms with van der Waals surface area (Å²) in [6, 6.07) is 14.2. The normalized spacial score (nSPS) is 12.0. The number of thioether (sulfide) groups is 1. The zero-order valence-electron chi connectivity index (χ0n) is 14.3. The highest BCUT2D eigenvalue weighted by atomic mass is 35.5. The molecular formula is C19H17ClN2O3S. The predicted octanol–water partition coefficient (Wildman–Crippen LogP) is 5.15. The SMILES string of the molecule is CCC(Sc1nnc(-c2cccc(Cl)c2)o1)C(=O)c1ccc(OC)cc1. The third-order valence-corrected chi connectivity index (χ3v) is 5.19. The van der Waals surface area contributed by atoms with Crippen LogP contribution in [-0.2, 0) is 0 Å². The minimum atomic E-state index is -0.309. The Bertz CT molecular complexity index is 896. The monoisotopic (exact) mass is 388 g/mol.